The molecule has 0 spiro atoms. The molecule has 1 atom stereocenters. The number of carbonyl (C=O) groups excluding carboxylic acids is 2. The predicted octanol–water partition coefficient (Wildman–Crippen LogP) is 1.74. The molecule has 0 bridgehead atoms. The molecule has 0 radical (unpaired) electrons. The lowest BCUT2D eigenvalue weighted by Gasteiger charge is -2.20. The van der Waals surface area contributed by atoms with E-state index >= 15 is 0 Å². The van der Waals surface area contributed by atoms with Crippen molar-refractivity contribution in [2.45, 2.75) is 26.4 Å². The largest absolute Gasteiger partial charge is 0.507 e. The third kappa shape index (κ3) is 4.92. The van der Waals surface area contributed by atoms with E-state index in [1.54, 1.807) is 6.08 Å². The van der Waals surface area contributed by atoms with Crippen LogP contribution in [0.3, 0.4) is 0 Å². The number of nitrogens with two attached hydrogens (primary N) is 1. The van der Waals surface area contributed by atoms with Gasteiger partial charge in [0.2, 0.25) is 0 Å². The van der Waals surface area contributed by atoms with E-state index in [-0.39, 0.29) is 34.6 Å². The van der Waals surface area contributed by atoms with Crippen LogP contribution in [0.15, 0.2) is 35.4 Å². The molecule has 0 saturated heterocycles. The number of phenolic OH excluding ortho intramolecular Hbond substituents is 2. The van der Waals surface area contributed by atoms with Crippen molar-refractivity contribution in [2.75, 3.05) is 0 Å². The highest BCUT2D eigenvalue weighted by Gasteiger charge is 2.33. The molecule has 2 rings (SSSR count). The lowest BCUT2D eigenvalue weighted by molar-refractivity contribution is 0.0943. The first kappa shape index (κ1) is 19.9. The third-order valence-corrected chi connectivity index (χ3v) is 3.29. The molecule has 0 aromatic heterocycles. The summed E-state index contributed by atoms with van der Waals surface area (Å²) in [6, 6.07) is 2.29. The first-order chi connectivity index (χ1) is 11.6. The molecular formula is C17H19NO7. The van der Waals surface area contributed by atoms with Crippen LogP contribution in [-0.4, -0.2) is 44.2 Å². The van der Waals surface area contributed by atoms with Crippen molar-refractivity contribution in [3.8, 4) is 11.5 Å². The molecule has 1 amide bonds. The number of hydrogen-bond donors (Lipinski definition) is 5. The maximum atomic E-state index is 12.3. The molecule has 0 fully saturated rings. The van der Waals surface area contributed by atoms with Crippen LogP contribution in [0.4, 0.5) is 4.79 Å². The minimum Gasteiger partial charge on any atom is -0.507 e. The minimum absolute atomic E-state index is 0.0779. The Bertz CT molecular complexity index is 769. The Hall–Kier alpha value is -3.13. The highest BCUT2D eigenvalue weighted by Crippen LogP contribution is 2.35. The van der Waals surface area contributed by atoms with E-state index < -0.39 is 23.8 Å². The van der Waals surface area contributed by atoms with Crippen molar-refractivity contribution >= 4 is 17.7 Å². The fourth-order valence-corrected chi connectivity index (χ4v) is 2.21. The Labute approximate surface area is 143 Å². The average Bonchev–Trinajstić information content (AvgIpc) is 2.50. The van der Waals surface area contributed by atoms with Gasteiger partial charge < -0.3 is 26.2 Å². The Balaban J connectivity index is 0.000000705. The number of primary amides is 1. The van der Waals surface area contributed by atoms with E-state index in [1.165, 1.54) is 0 Å². The van der Waals surface area contributed by atoms with Gasteiger partial charge in [-0.25, -0.2) is 4.79 Å². The maximum absolute atomic E-state index is 12.3. The van der Waals surface area contributed by atoms with E-state index in [1.807, 2.05) is 13.8 Å². The normalized spacial score (nSPS) is 13.8. The SMILES string of the molecule is CC(C)=CC[C@@H](O)C1=CC(=O)c2c(O)ccc(O)c2C1=O.NC(=O)O. The molecule has 1 aliphatic carbocycles. The smallest absolute Gasteiger partial charge is 0.402 e. The maximum Gasteiger partial charge on any atom is 0.402 e. The van der Waals surface area contributed by atoms with E-state index in [9.17, 15) is 24.9 Å². The first-order valence-electron chi connectivity index (χ1n) is 7.21. The zero-order chi connectivity index (χ0) is 19.3. The summed E-state index contributed by atoms with van der Waals surface area (Å²) in [5, 5.41) is 36.7. The van der Waals surface area contributed by atoms with Gasteiger partial charge in [-0.2, -0.15) is 0 Å². The van der Waals surface area contributed by atoms with Gasteiger partial charge in [0, 0.05) is 5.57 Å². The monoisotopic (exact) mass is 349 g/mol. The molecule has 0 heterocycles. The summed E-state index contributed by atoms with van der Waals surface area (Å²) in [7, 11) is 0. The summed E-state index contributed by atoms with van der Waals surface area (Å²) in [6.07, 6.45) is 0.502. The van der Waals surface area contributed by atoms with Gasteiger partial charge in [-0.05, 0) is 38.5 Å². The van der Waals surface area contributed by atoms with Crippen molar-refractivity contribution in [3.05, 3.63) is 46.6 Å². The predicted molar refractivity (Wildman–Crippen MR) is 88.8 cm³/mol. The molecule has 1 aromatic rings. The van der Waals surface area contributed by atoms with Crippen LogP contribution < -0.4 is 5.73 Å². The van der Waals surface area contributed by atoms with Crippen LogP contribution in [0.25, 0.3) is 0 Å². The van der Waals surface area contributed by atoms with Crippen molar-refractivity contribution < 1.29 is 34.8 Å². The second-order valence-corrected chi connectivity index (χ2v) is 5.52. The lowest BCUT2D eigenvalue weighted by atomic mass is 9.85. The number of fused-ring (bicyclic) bond motifs is 1. The number of carbonyl (C=O) groups is 3. The number of allylic oxidation sites excluding steroid dienone is 2. The fraction of sp³-hybridized carbons (Fsp3) is 0.235. The van der Waals surface area contributed by atoms with Gasteiger partial charge in [-0.15, -0.1) is 0 Å². The highest BCUT2D eigenvalue weighted by atomic mass is 16.4. The minimum atomic E-state index is -1.33. The summed E-state index contributed by atoms with van der Waals surface area (Å²) >= 11 is 0. The Morgan fingerprint density at radius 3 is 2.12 bits per heavy atom. The third-order valence-electron chi connectivity index (χ3n) is 3.29. The Morgan fingerprint density at radius 2 is 1.64 bits per heavy atom. The van der Waals surface area contributed by atoms with E-state index in [0.29, 0.717) is 0 Å². The molecule has 0 aliphatic heterocycles. The van der Waals surface area contributed by atoms with E-state index in [0.717, 1.165) is 23.8 Å². The number of carboxylic acid groups (broad SMARTS) is 1. The first-order valence-corrected chi connectivity index (χ1v) is 7.21. The molecule has 0 saturated carbocycles. The number of Topliss-reactive ketones (excluding diaryl/α,β-unsaturated/α-hetero) is 1. The second kappa shape index (κ2) is 8.11. The molecule has 1 aliphatic rings. The van der Waals surface area contributed by atoms with Gasteiger partial charge >= 0.3 is 6.09 Å². The van der Waals surface area contributed by atoms with Crippen LogP contribution in [-0.2, 0) is 0 Å². The Morgan fingerprint density at radius 1 is 1.16 bits per heavy atom. The van der Waals surface area contributed by atoms with Crippen molar-refractivity contribution in [3.63, 3.8) is 0 Å². The van der Waals surface area contributed by atoms with Gasteiger partial charge in [-0.3, -0.25) is 9.59 Å². The standard InChI is InChI=1S/C16H16O5.CH3NO2/c1-8(2)3-4-10(17)9-7-13(20)14-11(18)5-6-12(19)15(14)16(9)21;2-1(3)4/h3,5-7,10,17-19H,4H2,1-2H3;2H2,(H,3,4)/t10-;/m1./s1. The molecule has 25 heavy (non-hydrogen) atoms. The summed E-state index contributed by atoms with van der Waals surface area (Å²) in [5.41, 5.74) is 4.45. The molecule has 134 valence electrons. The Kier molecular flexibility index (Phi) is 6.46. The molecule has 8 heteroatoms. The van der Waals surface area contributed by atoms with Crippen LogP contribution in [0.2, 0.25) is 0 Å². The van der Waals surface area contributed by atoms with Crippen molar-refractivity contribution in [1.82, 2.24) is 0 Å². The molecule has 1 aromatic carbocycles. The summed E-state index contributed by atoms with van der Waals surface area (Å²) in [6.45, 7) is 3.71. The number of aliphatic hydroxyl groups excluding tert-OH is 1. The number of hydrogen-bond acceptors (Lipinski definition) is 6. The van der Waals surface area contributed by atoms with Crippen LogP contribution in [0, 0.1) is 0 Å². The van der Waals surface area contributed by atoms with E-state index in [2.05, 4.69) is 5.73 Å². The van der Waals surface area contributed by atoms with Crippen molar-refractivity contribution in [2.24, 2.45) is 5.73 Å². The lowest BCUT2D eigenvalue weighted by Crippen LogP contribution is -2.25. The van der Waals surface area contributed by atoms with Gasteiger partial charge in [0.05, 0.1) is 17.2 Å². The summed E-state index contributed by atoms with van der Waals surface area (Å²) < 4.78 is 0. The molecular weight excluding hydrogens is 330 g/mol. The van der Waals surface area contributed by atoms with Gasteiger partial charge in [0.15, 0.2) is 11.6 Å². The highest BCUT2D eigenvalue weighted by molar-refractivity contribution is 6.26. The van der Waals surface area contributed by atoms with Gasteiger partial charge in [-0.1, -0.05) is 11.6 Å². The number of phenols is 2. The quantitative estimate of drug-likeness (QED) is 0.410. The fourth-order valence-electron chi connectivity index (χ4n) is 2.21. The number of ketones is 2. The zero-order valence-corrected chi connectivity index (χ0v) is 13.7. The van der Waals surface area contributed by atoms with Crippen molar-refractivity contribution in [1.29, 1.82) is 0 Å². The zero-order valence-electron chi connectivity index (χ0n) is 13.7. The average molecular weight is 349 g/mol. The second-order valence-electron chi connectivity index (χ2n) is 5.52. The van der Waals surface area contributed by atoms with Crippen LogP contribution in [0.5, 0.6) is 11.5 Å². The summed E-state index contributed by atoms with van der Waals surface area (Å²) in [4.78, 5) is 33.2. The summed E-state index contributed by atoms with van der Waals surface area (Å²) in [5.74, 6) is -2.01. The number of aromatic hydroxyl groups is 2. The number of benzene rings is 1. The van der Waals surface area contributed by atoms with Gasteiger partial charge in [0.25, 0.3) is 0 Å². The van der Waals surface area contributed by atoms with Crippen LogP contribution in [0.1, 0.15) is 41.0 Å². The number of rotatable bonds is 3. The molecule has 8 nitrogen and oxygen atoms in total. The van der Waals surface area contributed by atoms with Gasteiger partial charge in [0.1, 0.15) is 11.5 Å². The number of amides is 1. The topological polar surface area (TPSA) is 158 Å². The molecule has 0 unspecified atom stereocenters. The number of aliphatic hydroxyl groups is 1. The van der Waals surface area contributed by atoms with Crippen LogP contribution >= 0.6 is 0 Å². The molecule has 6 N–H and O–H groups in total. The van der Waals surface area contributed by atoms with E-state index in [4.69, 9.17) is 9.90 Å².